The van der Waals surface area contributed by atoms with Crippen molar-refractivity contribution in [2.75, 3.05) is 16.0 Å². The molecule has 0 saturated heterocycles. The van der Waals surface area contributed by atoms with E-state index in [0.29, 0.717) is 33.4 Å². The second-order valence-corrected chi connectivity index (χ2v) is 26.8. The molecule has 3 atom stereocenters. The van der Waals surface area contributed by atoms with Crippen LogP contribution in [-0.2, 0) is 76.6 Å². The fourth-order valence-corrected chi connectivity index (χ4v) is 10.7. The van der Waals surface area contributed by atoms with E-state index in [-0.39, 0.29) is 36.3 Å². The van der Waals surface area contributed by atoms with Crippen molar-refractivity contribution < 1.29 is 57.4 Å². The van der Waals surface area contributed by atoms with Crippen molar-refractivity contribution in [1.29, 1.82) is 0 Å². The summed E-state index contributed by atoms with van der Waals surface area (Å²) >= 11 is 0. The average molecular weight is 1270 g/mol. The molecule has 0 bridgehead atoms. The quantitative estimate of drug-likeness (QED) is 0.0140. The monoisotopic (exact) mass is 1270 g/mol. The summed E-state index contributed by atoms with van der Waals surface area (Å²) in [4.78, 5) is 136. The van der Waals surface area contributed by atoms with Crippen molar-refractivity contribution in [2.45, 2.75) is 142 Å². The molecule has 21 heteroatoms. The Labute approximate surface area is 544 Å². The first-order valence-corrected chi connectivity index (χ1v) is 30.7. The molecule has 3 aromatic heterocycles. The highest BCUT2D eigenvalue weighted by Crippen LogP contribution is 2.35. The van der Waals surface area contributed by atoms with Crippen molar-refractivity contribution in [3.05, 3.63) is 198 Å². The molecule has 6 amide bonds. The van der Waals surface area contributed by atoms with Gasteiger partial charge in [0, 0.05) is 74.3 Å². The minimum absolute atomic E-state index is 0.153. The lowest BCUT2D eigenvalue weighted by Gasteiger charge is -2.31. The van der Waals surface area contributed by atoms with Gasteiger partial charge in [0.15, 0.2) is 0 Å². The molecule has 9 aromatic rings. The van der Waals surface area contributed by atoms with Crippen LogP contribution in [0.15, 0.2) is 164 Å². The lowest BCUT2D eigenvalue weighted by atomic mass is 9.85. The van der Waals surface area contributed by atoms with E-state index >= 15 is 0 Å². The predicted octanol–water partition coefficient (Wildman–Crippen LogP) is 10.5. The van der Waals surface area contributed by atoms with Gasteiger partial charge in [-0.25, -0.2) is 14.4 Å². The van der Waals surface area contributed by atoms with Crippen molar-refractivity contribution in [1.82, 2.24) is 30.9 Å². The molecular weight excluding hydrogens is 1190 g/mol. The Morgan fingerprint density at radius 1 is 0.340 bits per heavy atom. The SMILES string of the molecule is CC(C)(C)OC(=O)[C@@](C)(NC(=O)Cc1c[nH]c2ccccc12)C(=O)Nc1ccc(C(c2ccc(NC(=O)[C@](C)(NC(=O)Cc3c[nH]c4ccccc34)C(=O)OC(C)(C)C)cc2)c2ccc(NC(=O)[C@](C)(NC(=O)Cc3c[nH]c4ccccc34)C(=O)OC(C)(C)C)cc2)cc1. The summed E-state index contributed by atoms with van der Waals surface area (Å²) in [5, 5.41) is 18.8. The zero-order valence-corrected chi connectivity index (χ0v) is 54.7. The lowest BCUT2D eigenvalue weighted by molar-refractivity contribution is -0.166. The van der Waals surface area contributed by atoms with Gasteiger partial charge in [-0.3, -0.25) is 28.8 Å². The molecule has 9 N–H and O–H groups in total. The van der Waals surface area contributed by atoms with E-state index in [4.69, 9.17) is 14.2 Å². The van der Waals surface area contributed by atoms with Crippen LogP contribution in [0.4, 0.5) is 17.1 Å². The molecule has 0 unspecified atom stereocenters. The van der Waals surface area contributed by atoms with Gasteiger partial charge < -0.3 is 61.1 Å². The van der Waals surface area contributed by atoms with E-state index in [1.54, 1.807) is 154 Å². The van der Waals surface area contributed by atoms with Gasteiger partial charge in [0.25, 0.3) is 17.7 Å². The van der Waals surface area contributed by atoms with E-state index in [9.17, 15) is 43.2 Å². The third-order valence-corrected chi connectivity index (χ3v) is 15.5. The first-order valence-electron chi connectivity index (χ1n) is 30.7. The second kappa shape index (κ2) is 26.8. The number of hydrogen-bond acceptors (Lipinski definition) is 12. The summed E-state index contributed by atoms with van der Waals surface area (Å²) in [5.41, 5.74) is -2.51. The van der Waals surface area contributed by atoms with E-state index in [2.05, 4.69) is 46.9 Å². The van der Waals surface area contributed by atoms with Crippen molar-refractivity contribution >= 4 is 103 Å². The minimum atomic E-state index is -2.20. The molecule has 6 aromatic carbocycles. The summed E-state index contributed by atoms with van der Waals surface area (Å²) < 4.78 is 17.1. The van der Waals surface area contributed by atoms with E-state index in [1.165, 1.54) is 20.8 Å². The number of aromatic amines is 3. The maximum atomic E-state index is 14.4. The first-order chi connectivity index (χ1) is 44.2. The number of carbonyl (C=O) groups is 9. The highest BCUT2D eigenvalue weighted by Gasteiger charge is 2.49. The van der Waals surface area contributed by atoms with Gasteiger partial charge in [0.05, 0.1) is 19.3 Å². The number of benzene rings is 6. The van der Waals surface area contributed by atoms with Crippen LogP contribution in [0.25, 0.3) is 32.7 Å². The number of para-hydroxylation sites is 3. The Morgan fingerprint density at radius 3 is 0.809 bits per heavy atom. The summed E-state index contributed by atoms with van der Waals surface area (Å²) in [6, 6.07) is 42.6. The van der Waals surface area contributed by atoms with Crippen molar-refractivity contribution in [3.8, 4) is 0 Å². The number of ether oxygens (including phenoxy) is 3. The minimum Gasteiger partial charge on any atom is -0.458 e. The van der Waals surface area contributed by atoms with Crippen LogP contribution in [-0.4, -0.2) is 102 Å². The molecule has 0 aliphatic heterocycles. The zero-order chi connectivity index (χ0) is 68.1. The number of carbonyl (C=O) groups excluding carboxylic acids is 9. The number of rotatable bonds is 21. The van der Waals surface area contributed by atoms with Crippen LogP contribution in [0.2, 0.25) is 0 Å². The highest BCUT2D eigenvalue weighted by atomic mass is 16.6. The van der Waals surface area contributed by atoms with Crippen LogP contribution in [0.3, 0.4) is 0 Å². The predicted molar refractivity (Wildman–Crippen MR) is 359 cm³/mol. The van der Waals surface area contributed by atoms with E-state index < -0.39 is 92.7 Å². The van der Waals surface area contributed by atoms with Crippen molar-refractivity contribution in [2.24, 2.45) is 0 Å². The Balaban J connectivity index is 1.00. The van der Waals surface area contributed by atoms with Crippen molar-refractivity contribution in [3.63, 3.8) is 0 Å². The van der Waals surface area contributed by atoms with Crippen LogP contribution in [0.5, 0.6) is 0 Å². The maximum Gasteiger partial charge on any atom is 0.342 e. The second-order valence-electron chi connectivity index (χ2n) is 26.8. The van der Waals surface area contributed by atoms with Crippen LogP contribution in [0.1, 0.15) is 122 Å². The number of H-pyrrole nitrogens is 3. The Bertz CT molecular complexity index is 3910. The number of nitrogens with one attached hydrogen (secondary N) is 9. The van der Waals surface area contributed by atoms with E-state index in [1.807, 2.05) is 72.8 Å². The van der Waals surface area contributed by atoms with Gasteiger partial charge in [0.1, 0.15) is 16.8 Å². The summed E-state index contributed by atoms with van der Waals surface area (Å²) in [7, 11) is 0. The fourth-order valence-electron chi connectivity index (χ4n) is 10.7. The molecule has 0 aliphatic rings. The Kier molecular flexibility index (Phi) is 19.3. The third kappa shape index (κ3) is 15.9. The number of fused-ring (bicyclic) bond motifs is 3. The van der Waals surface area contributed by atoms with Gasteiger partial charge in [-0.15, -0.1) is 0 Å². The molecule has 0 saturated carbocycles. The zero-order valence-electron chi connectivity index (χ0n) is 54.7. The first kappa shape index (κ1) is 67.6. The topological polar surface area (TPSA) is 301 Å². The molecule has 3 heterocycles. The van der Waals surface area contributed by atoms with E-state index in [0.717, 1.165) is 32.7 Å². The largest absolute Gasteiger partial charge is 0.458 e. The third-order valence-electron chi connectivity index (χ3n) is 15.5. The molecule has 21 nitrogen and oxygen atoms in total. The van der Waals surface area contributed by atoms with Crippen LogP contribution < -0.4 is 31.9 Å². The fraction of sp³-hybridized carbons (Fsp3) is 0.301. The number of anilines is 3. The Hall–Kier alpha value is -10.8. The molecule has 0 fully saturated rings. The summed E-state index contributed by atoms with van der Waals surface area (Å²) in [5.74, 6) is -8.02. The standard InChI is InChI=1S/C73H79N9O12/c1-68(2,3)92-65(89)71(10,80-58(83)37-46-40-74-55-22-16-13-19-52(46)55)62(86)77-49-31-25-43(26-32-49)61(44-27-33-50(34-28-44)78-63(87)72(11,66(90)93-69(4,5)6)81-59(84)38-47-41-75-56-23-17-14-20-53(47)56)45-29-35-51(36-30-45)79-64(88)73(12,67(91)94-70(7,8)9)82-60(85)39-48-42-76-57-24-18-15-21-54(48)57/h13-36,40-42,61,74-76H,37-39H2,1-12H3,(H,77,86)(H,78,87)(H,79,88)(H,80,83)(H,81,84)(H,82,85)/t71-,72-,73-/m0/s1. The Morgan fingerprint density at radius 2 is 0.574 bits per heavy atom. The van der Waals surface area contributed by atoms with Crippen LogP contribution in [0, 0.1) is 0 Å². The molecular formula is C73H79N9O12. The van der Waals surface area contributed by atoms with Gasteiger partial charge in [-0.05, 0) is 171 Å². The number of hydrogen-bond donors (Lipinski definition) is 9. The normalized spacial score (nSPS) is 13.8. The highest BCUT2D eigenvalue weighted by molar-refractivity contribution is 6.17. The number of aromatic nitrogens is 3. The molecule has 488 valence electrons. The van der Waals surface area contributed by atoms with Gasteiger partial charge in [0.2, 0.25) is 34.3 Å². The number of esters is 3. The maximum absolute atomic E-state index is 14.4. The van der Waals surface area contributed by atoms with Gasteiger partial charge >= 0.3 is 17.9 Å². The molecule has 0 radical (unpaired) electrons. The van der Waals surface area contributed by atoms with Gasteiger partial charge in [-0.2, -0.15) is 0 Å². The summed E-state index contributed by atoms with van der Waals surface area (Å²) in [6.07, 6.45) is 4.64. The lowest BCUT2D eigenvalue weighted by Crippen LogP contribution is -2.61. The smallest absolute Gasteiger partial charge is 0.342 e. The molecule has 0 spiro atoms. The molecule has 0 aliphatic carbocycles. The number of amides is 6. The van der Waals surface area contributed by atoms with Crippen LogP contribution >= 0.6 is 0 Å². The average Bonchev–Trinajstić information content (AvgIpc) is 1.13. The molecule has 94 heavy (non-hydrogen) atoms. The summed E-state index contributed by atoms with van der Waals surface area (Å²) in [6.45, 7) is 18.7. The molecule has 9 rings (SSSR count). The van der Waals surface area contributed by atoms with Gasteiger partial charge in [-0.1, -0.05) is 91.0 Å².